The highest BCUT2D eigenvalue weighted by Crippen LogP contribution is 2.32. The SMILES string of the molecule is CC(=Cc1ccccc1)C=C1SC(=S)N(CC(=O)Nc2c(C)cc(C)cc2C)C1=O. The van der Waals surface area contributed by atoms with Crippen LogP contribution >= 0.6 is 24.0 Å². The average molecular weight is 437 g/mol. The van der Waals surface area contributed by atoms with Crippen LogP contribution in [0.25, 0.3) is 6.08 Å². The number of nitrogens with zero attached hydrogens (tertiary/aromatic N) is 1. The molecule has 30 heavy (non-hydrogen) atoms. The van der Waals surface area contributed by atoms with Crippen LogP contribution in [0.5, 0.6) is 0 Å². The zero-order chi connectivity index (χ0) is 21.8. The third-order valence-electron chi connectivity index (χ3n) is 4.67. The number of benzene rings is 2. The van der Waals surface area contributed by atoms with Crippen LogP contribution in [0.3, 0.4) is 0 Å². The van der Waals surface area contributed by atoms with Crippen LogP contribution in [0.1, 0.15) is 29.2 Å². The fourth-order valence-corrected chi connectivity index (χ4v) is 4.70. The van der Waals surface area contributed by atoms with Gasteiger partial charge < -0.3 is 5.32 Å². The van der Waals surface area contributed by atoms with Gasteiger partial charge in [0, 0.05) is 5.69 Å². The van der Waals surface area contributed by atoms with Gasteiger partial charge >= 0.3 is 0 Å². The number of carbonyl (C=O) groups excluding carboxylic acids is 2. The van der Waals surface area contributed by atoms with Gasteiger partial charge in [0.15, 0.2) is 0 Å². The zero-order valence-corrected chi connectivity index (χ0v) is 19.1. The van der Waals surface area contributed by atoms with E-state index < -0.39 is 0 Å². The van der Waals surface area contributed by atoms with Crippen molar-refractivity contribution >= 4 is 51.9 Å². The van der Waals surface area contributed by atoms with Gasteiger partial charge in [-0.3, -0.25) is 14.5 Å². The number of thiocarbonyl (C=S) groups is 1. The van der Waals surface area contributed by atoms with Crippen molar-refractivity contribution < 1.29 is 9.59 Å². The second-order valence-electron chi connectivity index (χ2n) is 7.39. The number of hydrogen-bond acceptors (Lipinski definition) is 4. The molecule has 154 valence electrons. The maximum absolute atomic E-state index is 12.8. The third kappa shape index (κ3) is 5.26. The van der Waals surface area contributed by atoms with Crippen molar-refractivity contribution in [3.8, 4) is 0 Å². The van der Waals surface area contributed by atoms with Gasteiger partial charge in [0.05, 0.1) is 4.91 Å². The number of rotatable bonds is 5. The van der Waals surface area contributed by atoms with E-state index in [0.717, 1.165) is 33.5 Å². The molecule has 1 heterocycles. The van der Waals surface area contributed by atoms with Gasteiger partial charge in [-0.2, -0.15) is 0 Å². The first kappa shape index (κ1) is 22.0. The van der Waals surface area contributed by atoms with E-state index in [2.05, 4.69) is 5.32 Å². The highest BCUT2D eigenvalue weighted by molar-refractivity contribution is 8.26. The fourth-order valence-electron chi connectivity index (χ4n) is 3.40. The Labute approximate surface area is 187 Å². The van der Waals surface area contributed by atoms with Crippen molar-refractivity contribution in [1.82, 2.24) is 4.90 Å². The topological polar surface area (TPSA) is 49.4 Å². The minimum Gasteiger partial charge on any atom is -0.324 e. The number of amides is 2. The molecule has 0 aliphatic carbocycles. The number of allylic oxidation sites excluding steroid dienone is 2. The molecule has 2 aromatic rings. The summed E-state index contributed by atoms with van der Waals surface area (Å²) in [7, 11) is 0. The molecule has 0 unspecified atom stereocenters. The van der Waals surface area contributed by atoms with Crippen molar-refractivity contribution in [3.63, 3.8) is 0 Å². The summed E-state index contributed by atoms with van der Waals surface area (Å²) in [4.78, 5) is 27.3. The van der Waals surface area contributed by atoms with E-state index in [-0.39, 0.29) is 18.4 Å². The van der Waals surface area contributed by atoms with E-state index in [0.29, 0.717) is 9.23 Å². The molecule has 6 heteroatoms. The van der Waals surface area contributed by atoms with Gasteiger partial charge in [-0.25, -0.2) is 0 Å². The van der Waals surface area contributed by atoms with Gasteiger partial charge in [-0.1, -0.05) is 78.1 Å². The quantitative estimate of drug-likeness (QED) is 0.504. The summed E-state index contributed by atoms with van der Waals surface area (Å²) in [5, 5.41) is 2.93. The molecule has 2 amide bonds. The zero-order valence-electron chi connectivity index (χ0n) is 17.5. The summed E-state index contributed by atoms with van der Waals surface area (Å²) < 4.78 is 0.395. The Morgan fingerprint density at radius 1 is 1.13 bits per heavy atom. The van der Waals surface area contributed by atoms with Crippen LogP contribution in [-0.2, 0) is 9.59 Å². The predicted octanol–water partition coefficient (Wildman–Crippen LogP) is 5.40. The molecule has 0 aromatic heterocycles. The predicted molar refractivity (Wildman–Crippen MR) is 129 cm³/mol. The van der Waals surface area contributed by atoms with Crippen LogP contribution in [0.2, 0.25) is 0 Å². The fraction of sp³-hybridized carbons (Fsp3) is 0.208. The molecule has 1 saturated heterocycles. The van der Waals surface area contributed by atoms with Crippen LogP contribution in [0, 0.1) is 20.8 Å². The standard InChI is InChI=1S/C24H24N2O2S2/c1-15-10-17(3)22(18(4)11-15)25-21(27)14-26-23(28)20(30-24(26)29)13-16(2)12-19-8-6-5-7-9-19/h5-13H,14H2,1-4H3,(H,25,27). The first-order chi connectivity index (χ1) is 14.2. The third-order valence-corrected chi connectivity index (χ3v) is 6.05. The summed E-state index contributed by atoms with van der Waals surface area (Å²) in [6.45, 7) is 7.78. The lowest BCUT2D eigenvalue weighted by atomic mass is 10.1. The number of anilines is 1. The maximum atomic E-state index is 12.8. The Kier molecular flexibility index (Phi) is 6.90. The molecular formula is C24H24N2O2S2. The molecule has 1 N–H and O–H groups in total. The summed E-state index contributed by atoms with van der Waals surface area (Å²) >= 11 is 6.58. The monoisotopic (exact) mass is 436 g/mol. The molecule has 0 bridgehead atoms. The highest BCUT2D eigenvalue weighted by Gasteiger charge is 2.33. The molecule has 0 radical (unpaired) electrons. The van der Waals surface area contributed by atoms with E-state index in [1.807, 2.05) is 82.3 Å². The van der Waals surface area contributed by atoms with E-state index in [9.17, 15) is 9.59 Å². The molecule has 1 fully saturated rings. The van der Waals surface area contributed by atoms with Crippen molar-refractivity contribution in [3.05, 3.63) is 81.3 Å². The van der Waals surface area contributed by atoms with Gasteiger partial charge in [0.2, 0.25) is 5.91 Å². The number of aryl methyl sites for hydroxylation is 3. The van der Waals surface area contributed by atoms with Crippen molar-refractivity contribution in [1.29, 1.82) is 0 Å². The highest BCUT2D eigenvalue weighted by atomic mass is 32.2. The second kappa shape index (κ2) is 9.41. The van der Waals surface area contributed by atoms with Gasteiger partial charge in [-0.15, -0.1) is 0 Å². The second-order valence-corrected chi connectivity index (χ2v) is 9.06. The molecule has 1 aliphatic heterocycles. The molecule has 4 nitrogen and oxygen atoms in total. The molecule has 0 spiro atoms. The Hall–Kier alpha value is -2.70. The van der Waals surface area contributed by atoms with Crippen LogP contribution < -0.4 is 5.32 Å². The summed E-state index contributed by atoms with van der Waals surface area (Å²) in [5.41, 5.74) is 5.92. The molecule has 1 aliphatic rings. The molecule has 0 atom stereocenters. The first-order valence-corrected chi connectivity index (χ1v) is 10.8. The van der Waals surface area contributed by atoms with Crippen LogP contribution in [0.15, 0.2) is 59.0 Å². The molecule has 0 saturated carbocycles. The number of thioether (sulfide) groups is 1. The largest absolute Gasteiger partial charge is 0.324 e. The molecular weight excluding hydrogens is 412 g/mol. The van der Waals surface area contributed by atoms with Gasteiger partial charge in [-0.05, 0) is 56.0 Å². The minimum atomic E-state index is -0.265. The lowest BCUT2D eigenvalue weighted by Gasteiger charge is -2.17. The lowest BCUT2D eigenvalue weighted by Crippen LogP contribution is -2.36. The van der Waals surface area contributed by atoms with E-state index >= 15 is 0 Å². The smallest absolute Gasteiger partial charge is 0.266 e. The van der Waals surface area contributed by atoms with Gasteiger partial charge in [0.1, 0.15) is 10.9 Å². The Bertz CT molecular complexity index is 1050. The van der Waals surface area contributed by atoms with Crippen LogP contribution in [-0.4, -0.2) is 27.6 Å². The molecule has 3 rings (SSSR count). The average Bonchev–Trinajstić information content (AvgIpc) is 2.92. The van der Waals surface area contributed by atoms with Crippen molar-refractivity contribution in [2.45, 2.75) is 27.7 Å². The number of nitrogens with one attached hydrogen (secondary N) is 1. The normalized spacial score (nSPS) is 15.8. The lowest BCUT2D eigenvalue weighted by molar-refractivity contribution is -0.126. The Morgan fingerprint density at radius 2 is 1.77 bits per heavy atom. The maximum Gasteiger partial charge on any atom is 0.266 e. The molecule has 2 aromatic carbocycles. The van der Waals surface area contributed by atoms with E-state index in [1.165, 1.54) is 16.7 Å². The number of hydrogen-bond donors (Lipinski definition) is 1. The van der Waals surface area contributed by atoms with Gasteiger partial charge in [0.25, 0.3) is 5.91 Å². The summed E-state index contributed by atoms with van der Waals surface area (Å²) in [6.07, 6.45) is 3.82. The summed E-state index contributed by atoms with van der Waals surface area (Å²) in [5.74, 6) is -0.502. The van der Waals surface area contributed by atoms with Crippen LogP contribution in [0.4, 0.5) is 5.69 Å². The Morgan fingerprint density at radius 3 is 2.40 bits per heavy atom. The Balaban J connectivity index is 1.71. The number of carbonyl (C=O) groups is 2. The van der Waals surface area contributed by atoms with Crippen molar-refractivity contribution in [2.75, 3.05) is 11.9 Å². The van der Waals surface area contributed by atoms with E-state index in [4.69, 9.17) is 12.2 Å². The summed E-state index contributed by atoms with van der Waals surface area (Å²) in [6, 6.07) is 13.9. The van der Waals surface area contributed by atoms with E-state index in [1.54, 1.807) is 0 Å². The minimum absolute atomic E-state index is 0.101. The van der Waals surface area contributed by atoms with Crippen molar-refractivity contribution in [2.24, 2.45) is 0 Å². The first-order valence-electron chi connectivity index (χ1n) is 9.61.